The maximum Gasteiger partial charge on any atom is 0.111 e. The van der Waals surface area contributed by atoms with Gasteiger partial charge in [0.1, 0.15) is 13.3 Å². The Hall–Kier alpha value is 0.115. The van der Waals surface area contributed by atoms with Crippen LogP contribution in [0.5, 0.6) is 0 Å². The van der Waals surface area contributed by atoms with Crippen LogP contribution in [0.3, 0.4) is 0 Å². The minimum atomic E-state index is -0.597. The van der Waals surface area contributed by atoms with Gasteiger partial charge in [-0.1, -0.05) is 5.47 Å². The van der Waals surface area contributed by atoms with Gasteiger partial charge in [-0.05, 0) is 6.26 Å². The molecule has 0 saturated heterocycles. The monoisotopic (exact) mass is 114 g/mol. The number of thioether (sulfide) groups is 1. The number of hydrogen-bond acceptors (Lipinski definition) is 2. The highest BCUT2D eigenvalue weighted by Gasteiger charge is 1.96. The maximum atomic E-state index is 8.67. The summed E-state index contributed by atoms with van der Waals surface area (Å²) in [5.74, 6) is 0. The lowest BCUT2D eigenvalue weighted by Crippen LogP contribution is -2.01. The van der Waals surface area contributed by atoms with E-state index in [9.17, 15) is 0 Å². The third kappa shape index (κ3) is 2.77. The van der Waals surface area contributed by atoms with Crippen LogP contribution in [0.1, 0.15) is 0 Å². The molecule has 0 aliphatic rings. The van der Waals surface area contributed by atoms with Crippen molar-refractivity contribution in [2.45, 2.75) is 5.44 Å². The van der Waals surface area contributed by atoms with Gasteiger partial charge in [-0.3, -0.25) is 0 Å². The summed E-state index contributed by atoms with van der Waals surface area (Å²) < 4.78 is 0. The Morgan fingerprint density at radius 3 is 2.43 bits per heavy atom. The summed E-state index contributed by atoms with van der Waals surface area (Å²) >= 11 is 1.26. The molecule has 0 saturated carbocycles. The van der Waals surface area contributed by atoms with E-state index < -0.39 is 5.44 Å². The van der Waals surface area contributed by atoms with Crippen LogP contribution in [-0.4, -0.2) is 24.6 Å². The molecule has 0 aromatic heterocycles. The molecule has 2 radical (unpaired) electrons. The number of hydrogen-bond donors (Lipinski definition) is 1. The van der Waals surface area contributed by atoms with Crippen LogP contribution < -0.4 is 0 Å². The molecular formula is C4H7BOS. The SMILES string of the molecule is [B]C(=C)C(O)SC. The Morgan fingerprint density at radius 1 is 2.00 bits per heavy atom. The summed E-state index contributed by atoms with van der Waals surface area (Å²) in [5.41, 5.74) is -0.285. The number of aliphatic hydroxyl groups is 1. The van der Waals surface area contributed by atoms with E-state index in [1.807, 2.05) is 0 Å². The Bertz CT molecular complexity index is 74.1. The van der Waals surface area contributed by atoms with Gasteiger partial charge in [0.15, 0.2) is 0 Å². The first-order valence-corrected chi connectivity index (χ1v) is 3.12. The topological polar surface area (TPSA) is 20.2 Å². The molecule has 0 bridgehead atoms. The van der Waals surface area contributed by atoms with Gasteiger partial charge in [-0.25, -0.2) is 0 Å². The molecule has 1 nitrogen and oxygen atoms in total. The zero-order valence-electron chi connectivity index (χ0n) is 4.22. The molecule has 1 atom stereocenters. The third-order valence-electron chi connectivity index (χ3n) is 0.540. The lowest BCUT2D eigenvalue weighted by atomic mass is 9.99. The molecule has 0 aliphatic heterocycles. The smallest absolute Gasteiger partial charge is 0.111 e. The Kier molecular flexibility index (Phi) is 3.21. The molecule has 0 amide bonds. The van der Waals surface area contributed by atoms with Gasteiger partial charge in [0.05, 0.1) is 0 Å². The van der Waals surface area contributed by atoms with Crippen molar-refractivity contribution in [1.29, 1.82) is 0 Å². The third-order valence-corrected chi connectivity index (χ3v) is 1.29. The maximum absolute atomic E-state index is 8.67. The highest BCUT2D eigenvalue weighted by atomic mass is 32.2. The molecule has 0 fully saturated rings. The fourth-order valence-corrected chi connectivity index (χ4v) is 0.454. The minimum Gasteiger partial charge on any atom is -0.379 e. The molecule has 1 N–H and O–H groups in total. The highest BCUT2D eigenvalue weighted by molar-refractivity contribution is 7.99. The van der Waals surface area contributed by atoms with Crippen LogP contribution in [0.15, 0.2) is 12.1 Å². The standard InChI is InChI=1S/C4H7BOS/c1-3(5)4(6)7-2/h4,6H,1H2,2H3. The lowest BCUT2D eigenvalue weighted by molar-refractivity contribution is 0.306. The molecule has 7 heavy (non-hydrogen) atoms. The van der Waals surface area contributed by atoms with Gasteiger partial charge in [-0.2, -0.15) is 0 Å². The van der Waals surface area contributed by atoms with E-state index >= 15 is 0 Å². The van der Waals surface area contributed by atoms with Crippen LogP contribution in [0.25, 0.3) is 0 Å². The first-order chi connectivity index (χ1) is 3.18. The largest absolute Gasteiger partial charge is 0.379 e. The van der Waals surface area contributed by atoms with Gasteiger partial charge in [0.25, 0.3) is 0 Å². The normalized spacial score (nSPS) is 13.4. The minimum absolute atomic E-state index is 0.313. The lowest BCUT2D eigenvalue weighted by Gasteiger charge is -2.03. The molecule has 0 heterocycles. The molecule has 0 aromatic rings. The van der Waals surface area contributed by atoms with E-state index in [0.29, 0.717) is 5.47 Å². The van der Waals surface area contributed by atoms with Crippen molar-refractivity contribution in [3.8, 4) is 0 Å². The predicted octanol–water partition coefficient (Wildman–Crippen LogP) is 0.350. The van der Waals surface area contributed by atoms with E-state index in [0.717, 1.165) is 0 Å². The van der Waals surface area contributed by atoms with Crippen molar-refractivity contribution in [2.24, 2.45) is 0 Å². The molecule has 0 spiro atoms. The van der Waals surface area contributed by atoms with Gasteiger partial charge < -0.3 is 5.11 Å². The predicted molar refractivity (Wildman–Crippen MR) is 34.4 cm³/mol. The quantitative estimate of drug-likeness (QED) is 0.412. The van der Waals surface area contributed by atoms with Crippen molar-refractivity contribution in [3.63, 3.8) is 0 Å². The van der Waals surface area contributed by atoms with Crippen LogP contribution in [0, 0.1) is 0 Å². The second-order valence-corrected chi connectivity index (χ2v) is 2.08. The van der Waals surface area contributed by atoms with Crippen molar-refractivity contribution in [1.82, 2.24) is 0 Å². The molecular weight excluding hydrogens is 107 g/mol. The molecule has 0 rings (SSSR count). The van der Waals surface area contributed by atoms with E-state index in [4.69, 9.17) is 13.0 Å². The van der Waals surface area contributed by atoms with Crippen LogP contribution in [0.4, 0.5) is 0 Å². The van der Waals surface area contributed by atoms with Crippen molar-refractivity contribution >= 4 is 19.6 Å². The van der Waals surface area contributed by atoms with Crippen LogP contribution >= 0.6 is 11.8 Å². The van der Waals surface area contributed by atoms with Crippen LogP contribution in [0.2, 0.25) is 0 Å². The van der Waals surface area contributed by atoms with Gasteiger partial charge in [0, 0.05) is 0 Å². The second-order valence-electron chi connectivity index (χ2n) is 1.16. The summed E-state index contributed by atoms with van der Waals surface area (Å²) in [6.07, 6.45) is 1.77. The summed E-state index contributed by atoms with van der Waals surface area (Å²) in [6.45, 7) is 3.33. The Balaban J connectivity index is 3.34. The van der Waals surface area contributed by atoms with E-state index in [-0.39, 0.29) is 0 Å². The van der Waals surface area contributed by atoms with E-state index in [2.05, 4.69) is 6.58 Å². The molecule has 38 valence electrons. The highest BCUT2D eigenvalue weighted by Crippen LogP contribution is 2.06. The zero-order chi connectivity index (χ0) is 5.86. The molecule has 1 unspecified atom stereocenters. The summed E-state index contributed by atoms with van der Waals surface area (Å²) in [7, 11) is 5.08. The molecule has 0 aromatic carbocycles. The van der Waals surface area contributed by atoms with Crippen molar-refractivity contribution < 1.29 is 5.11 Å². The second kappa shape index (κ2) is 3.16. The number of rotatable bonds is 2. The van der Waals surface area contributed by atoms with E-state index in [1.165, 1.54) is 11.8 Å². The average molecular weight is 114 g/mol. The van der Waals surface area contributed by atoms with Gasteiger partial charge in [-0.15, -0.1) is 18.3 Å². The average Bonchev–Trinajstić information content (AvgIpc) is 1.65. The Morgan fingerprint density at radius 2 is 2.43 bits per heavy atom. The summed E-state index contributed by atoms with van der Waals surface area (Å²) in [6, 6.07) is 0. The van der Waals surface area contributed by atoms with Crippen LogP contribution in [-0.2, 0) is 0 Å². The summed E-state index contributed by atoms with van der Waals surface area (Å²) in [5, 5.41) is 8.67. The van der Waals surface area contributed by atoms with E-state index in [1.54, 1.807) is 6.26 Å². The molecule has 0 aliphatic carbocycles. The van der Waals surface area contributed by atoms with Gasteiger partial charge in [0.2, 0.25) is 0 Å². The van der Waals surface area contributed by atoms with Gasteiger partial charge >= 0.3 is 0 Å². The zero-order valence-corrected chi connectivity index (χ0v) is 5.03. The summed E-state index contributed by atoms with van der Waals surface area (Å²) in [4.78, 5) is 0. The Labute approximate surface area is 49.2 Å². The first kappa shape index (κ1) is 7.11. The number of aliphatic hydroxyl groups excluding tert-OH is 1. The van der Waals surface area contributed by atoms with Crippen molar-refractivity contribution in [3.05, 3.63) is 12.1 Å². The fourth-order valence-electron chi connectivity index (χ4n) is 0.151. The fraction of sp³-hybridized carbons (Fsp3) is 0.500. The van der Waals surface area contributed by atoms with Crippen molar-refractivity contribution in [2.75, 3.05) is 6.26 Å². The molecule has 3 heteroatoms. The first-order valence-electron chi connectivity index (χ1n) is 1.83.